The fourth-order valence-corrected chi connectivity index (χ4v) is 7.76. The highest BCUT2D eigenvalue weighted by atomic mass is 32.1. The Morgan fingerprint density at radius 1 is 1.00 bits per heavy atom. The zero-order chi connectivity index (χ0) is 32.5. The number of alkyl halides is 3. The Morgan fingerprint density at radius 3 is 2.26 bits per heavy atom. The molecule has 244 valence electrons. The van der Waals surface area contributed by atoms with E-state index in [1.807, 2.05) is 73.8 Å². The Morgan fingerprint density at radius 2 is 1.65 bits per heavy atom. The van der Waals surface area contributed by atoms with Crippen LogP contribution in [0, 0.1) is 0 Å². The monoisotopic (exact) mass is 652 g/mol. The molecule has 0 saturated carbocycles. The molecule has 3 aliphatic rings. The lowest BCUT2D eigenvalue weighted by molar-refractivity contribution is -0.141. The molecule has 7 nitrogen and oxygen atoms in total. The van der Waals surface area contributed by atoms with Crippen LogP contribution in [0.25, 0.3) is 11.1 Å². The molecule has 0 radical (unpaired) electrons. The Bertz CT molecular complexity index is 1580. The van der Waals surface area contributed by atoms with Gasteiger partial charge in [0.05, 0.1) is 11.1 Å². The number of likely N-dealkylation sites (tertiary alicyclic amines) is 1. The van der Waals surface area contributed by atoms with Crippen molar-refractivity contribution >= 4 is 29.0 Å². The third-order valence-electron chi connectivity index (χ3n) is 9.17. The van der Waals surface area contributed by atoms with E-state index in [-0.39, 0.29) is 17.5 Å². The van der Waals surface area contributed by atoms with E-state index in [1.165, 1.54) is 11.3 Å². The summed E-state index contributed by atoms with van der Waals surface area (Å²) in [6, 6.07) is 17.0. The molecule has 1 aromatic heterocycles. The van der Waals surface area contributed by atoms with Crippen LogP contribution < -0.4 is 10.6 Å². The number of aliphatic imine (C=N–C) groups is 1. The predicted molar refractivity (Wildman–Crippen MR) is 173 cm³/mol. The van der Waals surface area contributed by atoms with E-state index >= 15 is 0 Å². The first-order chi connectivity index (χ1) is 22.0. The number of amides is 2. The maximum Gasteiger partial charge on any atom is 0.405 e. The van der Waals surface area contributed by atoms with Crippen molar-refractivity contribution in [2.75, 3.05) is 32.8 Å². The van der Waals surface area contributed by atoms with Gasteiger partial charge in [-0.25, -0.2) is 4.99 Å². The third kappa shape index (κ3) is 6.57. The average Bonchev–Trinajstić information content (AvgIpc) is 3.73. The number of unbranched alkanes of at least 4 members (excludes halogenated alkanes) is 1. The van der Waals surface area contributed by atoms with E-state index in [1.54, 1.807) is 0 Å². The van der Waals surface area contributed by atoms with Crippen LogP contribution in [0.15, 0.2) is 65.0 Å². The highest BCUT2D eigenvalue weighted by molar-refractivity contribution is 7.12. The van der Waals surface area contributed by atoms with Gasteiger partial charge >= 0.3 is 6.18 Å². The molecule has 0 atom stereocenters. The van der Waals surface area contributed by atoms with E-state index in [4.69, 9.17) is 4.74 Å². The number of rotatable bonds is 10. The molecule has 2 amide bonds. The van der Waals surface area contributed by atoms with E-state index in [9.17, 15) is 22.8 Å². The van der Waals surface area contributed by atoms with Crippen molar-refractivity contribution in [3.63, 3.8) is 0 Å². The van der Waals surface area contributed by atoms with Crippen LogP contribution in [0.1, 0.15) is 72.3 Å². The van der Waals surface area contributed by atoms with Gasteiger partial charge in [0.15, 0.2) is 0 Å². The van der Waals surface area contributed by atoms with Crippen LogP contribution in [0.5, 0.6) is 0 Å². The van der Waals surface area contributed by atoms with Crippen molar-refractivity contribution in [3.05, 3.63) is 81.5 Å². The number of benzene rings is 2. The van der Waals surface area contributed by atoms with Gasteiger partial charge in [0, 0.05) is 19.1 Å². The lowest BCUT2D eigenvalue weighted by atomic mass is 9.73. The van der Waals surface area contributed by atoms with Crippen LogP contribution >= 0.6 is 11.3 Å². The van der Waals surface area contributed by atoms with E-state index in [2.05, 4.69) is 20.5 Å². The molecule has 3 heterocycles. The van der Waals surface area contributed by atoms with Crippen LogP contribution in [0.2, 0.25) is 0 Å². The van der Waals surface area contributed by atoms with Gasteiger partial charge in [-0.1, -0.05) is 55.0 Å². The number of halogens is 3. The van der Waals surface area contributed by atoms with E-state index < -0.39 is 24.0 Å². The number of nitrogens with one attached hydrogen (secondary N) is 2. The molecular weight excluding hydrogens is 613 g/mol. The fraction of sp³-hybridized carbons (Fsp3) is 0.457. The second-order valence-electron chi connectivity index (χ2n) is 13.0. The van der Waals surface area contributed by atoms with Crippen molar-refractivity contribution < 1.29 is 27.5 Å². The van der Waals surface area contributed by atoms with Crippen LogP contribution in [0.3, 0.4) is 0 Å². The number of carbonyl (C=O) groups excluding carboxylic acids is 2. The van der Waals surface area contributed by atoms with Crippen molar-refractivity contribution in [2.24, 2.45) is 4.99 Å². The first-order valence-corrected chi connectivity index (χ1v) is 16.7. The minimum Gasteiger partial charge on any atom is -0.474 e. The number of piperidine rings is 1. The highest BCUT2D eigenvalue weighted by Crippen LogP contribution is 2.51. The number of fused-ring (bicyclic) bond motifs is 3. The molecule has 2 N–H and O–H groups in total. The highest BCUT2D eigenvalue weighted by Gasteiger charge is 2.49. The molecule has 2 aromatic carbocycles. The van der Waals surface area contributed by atoms with Gasteiger partial charge in [-0.2, -0.15) is 13.2 Å². The van der Waals surface area contributed by atoms with Gasteiger partial charge in [-0.15, -0.1) is 11.3 Å². The van der Waals surface area contributed by atoms with Crippen molar-refractivity contribution in [2.45, 2.75) is 69.1 Å². The minimum atomic E-state index is -4.50. The summed E-state index contributed by atoms with van der Waals surface area (Å²) < 4.78 is 45.2. The summed E-state index contributed by atoms with van der Waals surface area (Å²) in [5.74, 6) is -0.191. The smallest absolute Gasteiger partial charge is 0.405 e. The maximum absolute atomic E-state index is 13.7. The summed E-state index contributed by atoms with van der Waals surface area (Å²) in [5.41, 5.74) is 2.42. The maximum atomic E-state index is 13.7. The molecular formula is C35H39F3N4O3S. The van der Waals surface area contributed by atoms with Gasteiger partial charge in [-0.05, 0) is 79.8 Å². The average molecular weight is 653 g/mol. The number of nitrogens with zero attached hydrogens (tertiary/aromatic N) is 2. The normalized spacial score (nSPS) is 18.8. The van der Waals surface area contributed by atoms with Crippen LogP contribution in [-0.4, -0.2) is 73.2 Å². The van der Waals surface area contributed by atoms with Crippen LogP contribution in [0.4, 0.5) is 13.2 Å². The molecule has 11 heteroatoms. The molecule has 2 aliphatic heterocycles. The number of ether oxygens (including phenoxy) is 1. The SMILES string of the molecule is CC1(C)COC(c2sccc2C(=O)NC2CCN(CCCCC3(C(=O)NCC(F)(F)F)c4ccccc4-c4ccccc43)CC2)=N1. The standard InChI is InChI=1S/C35H39F3N4O3S/c1-33(2)22-45-31(41-33)29-26(15-20-46-29)30(43)40-23-13-18-42(19-14-23)17-8-7-16-34(32(44)39-21-35(36,37)38)27-11-5-3-9-24(27)25-10-4-6-12-28(25)34/h3-6,9-12,15,20,23H,7-8,13-14,16-19,21-22H2,1-2H3,(H,39,44)(H,40,43). The van der Waals surface area contributed by atoms with E-state index in [0.717, 1.165) is 66.0 Å². The molecule has 0 unspecified atom stereocenters. The number of hydrogen-bond donors (Lipinski definition) is 2. The van der Waals surface area contributed by atoms with Gasteiger partial charge in [0.1, 0.15) is 23.4 Å². The number of thiophene rings is 1. The summed E-state index contributed by atoms with van der Waals surface area (Å²) in [4.78, 5) is 34.6. The van der Waals surface area contributed by atoms with Crippen molar-refractivity contribution in [1.82, 2.24) is 15.5 Å². The van der Waals surface area contributed by atoms with Crippen LogP contribution in [-0.2, 0) is 14.9 Å². The Balaban J connectivity index is 1.05. The molecule has 1 aliphatic carbocycles. The lowest BCUT2D eigenvalue weighted by Crippen LogP contribution is -2.47. The molecule has 1 fully saturated rings. The van der Waals surface area contributed by atoms with Gasteiger partial charge in [0.2, 0.25) is 11.8 Å². The molecule has 46 heavy (non-hydrogen) atoms. The van der Waals surface area contributed by atoms with Gasteiger partial charge in [-0.3, -0.25) is 9.59 Å². The molecule has 0 bridgehead atoms. The Hall–Kier alpha value is -3.70. The van der Waals surface area contributed by atoms with Crippen molar-refractivity contribution in [1.29, 1.82) is 0 Å². The van der Waals surface area contributed by atoms with Gasteiger partial charge in [0.25, 0.3) is 5.91 Å². The molecule has 6 rings (SSSR count). The minimum absolute atomic E-state index is 0.0615. The largest absolute Gasteiger partial charge is 0.474 e. The first kappa shape index (κ1) is 32.2. The zero-order valence-electron chi connectivity index (χ0n) is 26.1. The molecule has 1 saturated heterocycles. The second-order valence-corrected chi connectivity index (χ2v) is 13.9. The number of carbonyl (C=O) groups is 2. The lowest BCUT2D eigenvalue weighted by Gasteiger charge is -2.33. The second kappa shape index (κ2) is 12.8. The quantitative estimate of drug-likeness (QED) is 0.252. The third-order valence-corrected chi connectivity index (χ3v) is 10.1. The summed E-state index contributed by atoms with van der Waals surface area (Å²) >= 11 is 1.46. The fourth-order valence-electron chi connectivity index (χ4n) is 6.93. The number of hydrogen-bond acceptors (Lipinski definition) is 6. The first-order valence-electron chi connectivity index (χ1n) is 15.8. The predicted octanol–water partition coefficient (Wildman–Crippen LogP) is 6.31. The van der Waals surface area contributed by atoms with Gasteiger partial charge < -0.3 is 20.3 Å². The molecule has 0 spiro atoms. The Labute approximate surface area is 271 Å². The molecule has 3 aromatic rings. The van der Waals surface area contributed by atoms with E-state index in [0.29, 0.717) is 30.9 Å². The van der Waals surface area contributed by atoms with Crippen molar-refractivity contribution in [3.8, 4) is 11.1 Å². The summed E-state index contributed by atoms with van der Waals surface area (Å²) in [5, 5.41) is 7.29. The zero-order valence-corrected chi connectivity index (χ0v) is 26.9. The summed E-state index contributed by atoms with van der Waals surface area (Å²) in [7, 11) is 0. The summed E-state index contributed by atoms with van der Waals surface area (Å²) in [6.07, 6.45) is -0.982. The summed E-state index contributed by atoms with van der Waals surface area (Å²) in [6.45, 7) is 5.60. The Kier molecular flexibility index (Phi) is 9.00. The topological polar surface area (TPSA) is 83.0 Å².